The van der Waals surface area contributed by atoms with Gasteiger partial charge in [-0.25, -0.2) is 4.98 Å². The fraction of sp³-hybridized carbons (Fsp3) is 0.188. The van der Waals surface area contributed by atoms with Crippen LogP contribution < -0.4 is 5.73 Å². The van der Waals surface area contributed by atoms with Crippen LogP contribution in [0, 0.1) is 6.92 Å². The Kier molecular flexibility index (Phi) is 3.36. The molecule has 0 bridgehead atoms. The maximum absolute atomic E-state index is 5.69. The van der Waals surface area contributed by atoms with Gasteiger partial charge in [-0.2, -0.15) is 0 Å². The summed E-state index contributed by atoms with van der Waals surface area (Å²) in [5.74, 6) is 0.967. The molecule has 1 aromatic heterocycles. The maximum atomic E-state index is 5.69. The lowest BCUT2D eigenvalue weighted by molar-refractivity contribution is 0.958. The quantitative estimate of drug-likeness (QED) is 0.777. The van der Waals surface area contributed by atoms with Crippen molar-refractivity contribution in [1.82, 2.24) is 9.55 Å². The minimum atomic E-state index is 0.540. The monoisotopic (exact) mass is 329 g/mol. The van der Waals surface area contributed by atoms with E-state index in [1.807, 2.05) is 7.05 Å². The van der Waals surface area contributed by atoms with Crippen LogP contribution in [0.15, 0.2) is 40.9 Å². The average molecular weight is 330 g/mol. The van der Waals surface area contributed by atoms with Gasteiger partial charge in [-0.15, -0.1) is 0 Å². The maximum Gasteiger partial charge on any atom is 0.140 e. The second kappa shape index (κ2) is 5.04. The average Bonchev–Trinajstić information content (AvgIpc) is 2.78. The van der Waals surface area contributed by atoms with E-state index in [2.05, 4.69) is 63.8 Å². The predicted octanol–water partition coefficient (Wildman–Crippen LogP) is 3.77. The number of imidazole rings is 1. The topological polar surface area (TPSA) is 43.8 Å². The van der Waals surface area contributed by atoms with Gasteiger partial charge in [0.1, 0.15) is 5.82 Å². The molecule has 3 rings (SSSR count). The number of aryl methyl sites for hydroxylation is 2. The summed E-state index contributed by atoms with van der Waals surface area (Å²) < 4.78 is 3.22. The molecule has 0 saturated heterocycles. The van der Waals surface area contributed by atoms with Crippen LogP contribution in [0.2, 0.25) is 0 Å². The third-order valence-electron chi connectivity index (χ3n) is 3.61. The van der Waals surface area contributed by atoms with E-state index in [0.29, 0.717) is 6.54 Å². The Bertz CT molecular complexity index is 790. The van der Waals surface area contributed by atoms with Crippen molar-refractivity contribution < 1.29 is 0 Å². The molecule has 3 nitrogen and oxygen atoms in total. The van der Waals surface area contributed by atoms with E-state index in [9.17, 15) is 0 Å². The van der Waals surface area contributed by atoms with Crippen LogP contribution in [-0.4, -0.2) is 9.55 Å². The number of hydrogen-bond acceptors (Lipinski definition) is 2. The summed E-state index contributed by atoms with van der Waals surface area (Å²) in [4.78, 5) is 4.75. The number of aromatic nitrogens is 2. The zero-order chi connectivity index (χ0) is 14.3. The fourth-order valence-electron chi connectivity index (χ4n) is 2.36. The van der Waals surface area contributed by atoms with Gasteiger partial charge in [0, 0.05) is 23.6 Å². The first-order valence-electron chi connectivity index (χ1n) is 6.52. The smallest absolute Gasteiger partial charge is 0.140 e. The number of benzene rings is 2. The molecule has 3 aromatic rings. The minimum absolute atomic E-state index is 0.540. The molecule has 2 aromatic carbocycles. The van der Waals surface area contributed by atoms with Gasteiger partial charge in [-0.05, 0) is 36.2 Å². The number of fused-ring (bicyclic) bond motifs is 1. The van der Waals surface area contributed by atoms with Crippen molar-refractivity contribution in [2.45, 2.75) is 13.5 Å². The molecule has 20 heavy (non-hydrogen) atoms. The van der Waals surface area contributed by atoms with Crippen molar-refractivity contribution in [3.63, 3.8) is 0 Å². The number of rotatable bonds is 2. The Morgan fingerprint density at radius 2 is 2.00 bits per heavy atom. The van der Waals surface area contributed by atoms with Gasteiger partial charge >= 0.3 is 0 Å². The SMILES string of the molecule is Cc1ccc(-c2nc3cc(CN)ccc3n2C)cc1Br. The predicted molar refractivity (Wildman–Crippen MR) is 86.5 cm³/mol. The lowest BCUT2D eigenvalue weighted by Crippen LogP contribution is -1.95. The van der Waals surface area contributed by atoms with Crippen LogP contribution in [0.25, 0.3) is 22.4 Å². The molecule has 102 valence electrons. The van der Waals surface area contributed by atoms with E-state index in [1.54, 1.807) is 0 Å². The van der Waals surface area contributed by atoms with Gasteiger partial charge in [0.05, 0.1) is 11.0 Å². The molecule has 0 aliphatic rings. The van der Waals surface area contributed by atoms with Crippen molar-refractivity contribution in [3.8, 4) is 11.4 Å². The van der Waals surface area contributed by atoms with E-state index < -0.39 is 0 Å². The van der Waals surface area contributed by atoms with Crippen LogP contribution in [0.3, 0.4) is 0 Å². The molecule has 0 amide bonds. The first-order valence-corrected chi connectivity index (χ1v) is 7.31. The second-order valence-corrected chi connectivity index (χ2v) is 5.84. The van der Waals surface area contributed by atoms with Gasteiger partial charge in [0.2, 0.25) is 0 Å². The van der Waals surface area contributed by atoms with Crippen molar-refractivity contribution in [2.75, 3.05) is 0 Å². The first kappa shape index (κ1) is 13.3. The number of nitrogens with two attached hydrogens (primary N) is 1. The van der Waals surface area contributed by atoms with Gasteiger partial charge in [-0.3, -0.25) is 0 Å². The summed E-state index contributed by atoms with van der Waals surface area (Å²) in [7, 11) is 2.04. The zero-order valence-corrected chi connectivity index (χ0v) is 13.1. The third-order valence-corrected chi connectivity index (χ3v) is 4.47. The zero-order valence-electron chi connectivity index (χ0n) is 11.5. The van der Waals surface area contributed by atoms with Crippen LogP contribution in [0.5, 0.6) is 0 Å². The van der Waals surface area contributed by atoms with Crippen LogP contribution in [0.4, 0.5) is 0 Å². The highest BCUT2D eigenvalue weighted by atomic mass is 79.9. The summed E-state index contributed by atoms with van der Waals surface area (Å²) in [5.41, 5.74) is 11.2. The van der Waals surface area contributed by atoms with Crippen molar-refractivity contribution in [2.24, 2.45) is 12.8 Å². The summed E-state index contributed by atoms with van der Waals surface area (Å²) in [5, 5.41) is 0. The van der Waals surface area contributed by atoms with E-state index >= 15 is 0 Å². The van der Waals surface area contributed by atoms with Crippen LogP contribution in [0.1, 0.15) is 11.1 Å². The first-order chi connectivity index (χ1) is 9.60. The molecule has 0 aliphatic carbocycles. The van der Waals surface area contributed by atoms with Crippen molar-refractivity contribution in [3.05, 3.63) is 52.0 Å². The van der Waals surface area contributed by atoms with Crippen molar-refractivity contribution >= 4 is 27.0 Å². The standard InChI is InChI=1S/C16H16BrN3/c1-10-3-5-12(8-13(10)17)16-19-14-7-11(9-18)4-6-15(14)20(16)2/h3-8H,9,18H2,1-2H3. The highest BCUT2D eigenvalue weighted by Crippen LogP contribution is 2.27. The van der Waals surface area contributed by atoms with Gasteiger partial charge in [-0.1, -0.05) is 34.1 Å². The minimum Gasteiger partial charge on any atom is -0.327 e. The summed E-state index contributed by atoms with van der Waals surface area (Å²) >= 11 is 3.58. The third kappa shape index (κ3) is 2.15. The number of hydrogen-bond donors (Lipinski definition) is 1. The molecule has 0 radical (unpaired) electrons. The number of halogens is 1. The summed E-state index contributed by atoms with van der Waals surface area (Å²) in [6.07, 6.45) is 0. The molecule has 0 fully saturated rings. The second-order valence-electron chi connectivity index (χ2n) is 4.99. The molecule has 0 atom stereocenters. The highest BCUT2D eigenvalue weighted by molar-refractivity contribution is 9.10. The van der Waals surface area contributed by atoms with E-state index in [1.165, 1.54) is 5.56 Å². The fourth-order valence-corrected chi connectivity index (χ4v) is 2.74. The van der Waals surface area contributed by atoms with E-state index in [4.69, 9.17) is 10.7 Å². The highest BCUT2D eigenvalue weighted by Gasteiger charge is 2.11. The molecule has 0 unspecified atom stereocenters. The summed E-state index contributed by atoms with van der Waals surface area (Å²) in [6.45, 7) is 2.62. The Morgan fingerprint density at radius 1 is 1.20 bits per heavy atom. The van der Waals surface area contributed by atoms with E-state index in [0.717, 1.165) is 32.5 Å². The van der Waals surface area contributed by atoms with Crippen molar-refractivity contribution in [1.29, 1.82) is 0 Å². The Hall–Kier alpha value is -1.65. The summed E-state index contributed by atoms with van der Waals surface area (Å²) in [6, 6.07) is 12.5. The molecule has 0 spiro atoms. The molecule has 4 heteroatoms. The van der Waals surface area contributed by atoms with Crippen LogP contribution >= 0.6 is 15.9 Å². The van der Waals surface area contributed by atoms with Crippen LogP contribution in [-0.2, 0) is 13.6 Å². The Morgan fingerprint density at radius 3 is 2.70 bits per heavy atom. The van der Waals surface area contributed by atoms with Gasteiger partial charge < -0.3 is 10.3 Å². The van der Waals surface area contributed by atoms with Gasteiger partial charge in [0.25, 0.3) is 0 Å². The molecule has 0 saturated carbocycles. The van der Waals surface area contributed by atoms with Gasteiger partial charge in [0.15, 0.2) is 0 Å². The lowest BCUT2D eigenvalue weighted by Gasteiger charge is -2.05. The largest absolute Gasteiger partial charge is 0.327 e. The Labute approximate surface area is 126 Å². The lowest BCUT2D eigenvalue weighted by atomic mass is 10.1. The molecule has 2 N–H and O–H groups in total. The molecular formula is C16H16BrN3. The number of nitrogens with zero attached hydrogens (tertiary/aromatic N) is 2. The normalized spacial score (nSPS) is 11.2. The molecule has 0 aliphatic heterocycles. The van der Waals surface area contributed by atoms with E-state index in [-0.39, 0.29) is 0 Å². The molecule has 1 heterocycles. The Balaban J connectivity index is 2.20. The molecular weight excluding hydrogens is 314 g/mol.